The molecule has 0 spiro atoms. The molecule has 2 saturated heterocycles. The van der Waals surface area contributed by atoms with Crippen LogP contribution in [0.25, 0.3) is 22.2 Å². The van der Waals surface area contributed by atoms with E-state index in [1.807, 2.05) is 0 Å². The number of rotatable bonds is 6. The molecule has 0 atom stereocenters. The summed E-state index contributed by atoms with van der Waals surface area (Å²) in [6.45, 7) is 18.2. The Kier molecular flexibility index (Phi) is 6.91. The molecule has 182 valence electrons. The Balaban J connectivity index is 1.36. The van der Waals surface area contributed by atoms with Crippen LogP contribution in [-0.2, 0) is 11.2 Å². The van der Waals surface area contributed by atoms with Crippen LogP contribution in [0.4, 0.5) is 5.69 Å². The molecule has 0 radical (unpaired) electrons. The van der Waals surface area contributed by atoms with E-state index in [9.17, 15) is 0 Å². The molecule has 6 heteroatoms. The Morgan fingerprint density at radius 1 is 0.971 bits per heavy atom. The standard InChI is InChI=1S/C28H39N5O/c1-20(2)32-11-13-33(14-12-32)25-7-5-23(6-8-25)28-26-19-24(9-10-31-15-17-34-18-16-31)30-27(26)21(3)22(4)29-28/h5-8,19-20,30H,9-18H2,1-4H3. The molecule has 3 aromatic rings. The average molecular weight is 462 g/mol. The number of anilines is 1. The zero-order valence-corrected chi connectivity index (χ0v) is 21.2. The van der Waals surface area contributed by atoms with Crippen LogP contribution in [0.15, 0.2) is 30.3 Å². The first-order valence-electron chi connectivity index (χ1n) is 12.9. The number of pyridine rings is 1. The Bertz CT molecular complexity index is 1110. The Morgan fingerprint density at radius 3 is 2.35 bits per heavy atom. The number of morpholine rings is 1. The van der Waals surface area contributed by atoms with Crippen LogP contribution in [0.3, 0.4) is 0 Å². The van der Waals surface area contributed by atoms with Crippen molar-refractivity contribution >= 4 is 16.6 Å². The predicted molar refractivity (Wildman–Crippen MR) is 141 cm³/mol. The lowest BCUT2D eigenvalue weighted by Gasteiger charge is -2.38. The summed E-state index contributed by atoms with van der Waals surface area (Å²) < 4.78 is 5.49. The van der Waals surface area contributed by atoms with Crippen molar-refractivity contribution in [3.05, 3.63) is 47.3 Å². The van der Waals surface area contributed by atoms with E-state index in [1.165, 1.54) is 33.4 Å². The Labute approximate surface area is 203 Å². The first-order chi connectivity index (χ1) is 16.5. The van der Waals surface area contributed by atoms with E-state index in [2.05, 4.69) is 77.7 Å². The summed E-state index contributed by atoms with van der Waals surface area (Å²) in [5, 5.41) is 1.23. The number of hydrogen-bond acceptors (Lipinski definition) is 5. The third-order valence-corrected chi connectivity index (χ3v) is 7.68. The molecule has 2 aliphatic heterocycles. The summed E-state index contributed by atoms with van der Waals surface area (Å²) in [5.74, 6) is 0. The number of ether oxygens (including phenoxy) is 1. The number of nitrogens with zero attached hydrogens (tertiary/aromatic N) is 4. The molecule has 1 aromatic carbocycles. The van der Waals surface area contributed by atoms with E-state index in [0.717, 1.165) is 76.8 Å². The molecule has 0 aliphatic carbocycles. The van der Waals surface area contributed by atoms with Crippen LogP contribution < -0.4 is 4.90 Å². The molecular formula is C28H39N5O. The number of benzene rings is 1. The summed E-state index contributed by atoms with van der Waals surface area (Å²) in [5.41, 5.74) is 8.45. The van der Waals surface area contributed by atoms with E-state index < -0.39 is 0 Å². The minimum Gasteiger partial charge on any atom is -0.379 e. The number of aromatic amines is 1. The van der Waals surface area contributed by atoms with Crippen LogP contribution in [0.2, 0.25) is 0 Å². The number of aryl methyl sites for hydroxylation is 2. The van der Waals surface area contributed by atoms with Gasteiger partial charge in [0.25, 0.3) is 0 Å². The SMILES string of the molecule is Cc1nc(-c2ccc(N3CCN(C(C)C)CC3)cc2)c2cc(CCN3CCOCC3)[nH]c2c1C. The third kappa shape index (κ3) is 4.85. The zero-order chi connectivity index (χ0) is 23.7. The summed E-state index contributed by atoms with van der Waals surface area (Å²) in [6.07, 6.45) is 1.02. The second-order valence-corrected chi connectivity index (χ2v) is 10.1. The molecular weight excluding hydrogens is 422 g/mol. The van der Waals surface area contributed by atoms with E-state index in [-0.39, 0.29) is 0 Å². The molecule has 5 rings (SSSR count). The van der Waals surface area contributed by atoms with E-state index in [0.29, 0.717) is 6.04 Å². The molecule has 1 N–H and O–H groups in total. The first kappa shape index (κ1) is 23.3. The maximum absolute atomic E-state index is 5.49. The molecule has 0 saturated carbocycles. The fraction of sp³-hybridized carbons (Fsp3) is 0.536. The second-order valence-electron chi connectivity index (χ2n) is 10.1. The van der Waals surface area contributed by atoms with E-state index in [1.54, 1.807) is 0 Å². The largest absolute Gasteiger partial charge is 0.379 e. The Morgan fingerprint density at radius 2 is 1.68 bits per heavy atom. The first-order valence-corrected chi connectivity index (χ1v) is 12.9. The van der Waals surface area contributed by atoms with Gasteiger partial charge in [0.05, 0.1) is 24.4 Å². The number of aromatic nitrogens is 2. The zero-order valence-electron chi connectivity index (χ0n) is 21.2. The van der Waals surface area contributed by atoms with Crippen LogP contribution >= 0.6 is 0 Å². The monoisotopic (exact) mass is 461 g/mol. The van der Waals surface area contributed by atoms with Gasteiger partial charge < -0.3 is 14.6 Å². The summed E-state index contributed by atoms with van der Waals surface area (Å²) in [7, 11) is 0. The molecule has 6 nitrogen and oxygen atoms in total. The van der Waals surface area contributed by atoms with Crippen molar-refractivity contribution in [1.82, 2.24) is 19.8 Å². The topological polar surface area (TPSA) is 47.6 Å². The quantitative estimate of drug-likeness (QED) is 0.595. The number of fused-ring (bicyclic) bond motifs is 1. The fourth-order valence-corrected chi connectivity index (χ4v) is 5.27. The van der Waals surface area contributed by atoms with Gasteiger partial charge in [0.2, 0.25) is 0 Å². The lowest BCUT2D eigenvalue weighted by Crippen LogP contribution is -2.48. The van der Waals surface area contributed by atoms with E-state index in [4.69, 9.17) is 9.72 Å². The van der Waals surface area contributed by atoms with Gasteiger partial charge in [-0.3, -0.25) is 14.8 Å². The summed E-state index contributed by atoms with van der Waals surface area (Å²) >= 11 is 0. The van der Waals surface area contributed by atoms with Crippen LogP contribution in [-0.4, -0.2) is 84.8 Å². The molecule has 2 aromatic heterocycles. The molecule has 0 unspecified atom stereocenters. The van der Waals surface area contributed by atoms with Gasteiger partial charge in [0.1, 0.15) is 0 Å². The second kappa shape index (κ2) is 10.1. The number of H-pyrrole nitrogens is 1. The summed E-state index contributed by atoms with van der Waals surface area (Å²) in [6, 6.07) is 12.0. The van der Waals surface area contributed by atoms with Gasteiger partial charge in [-0.05, 0) is 51.5 Å². The highest BCUT2D eigenvalue weighted by Crippen LogP contribution is 2.32. The highest BCUT2D eigenvalue weighted by molar-refractivity contribution is 5.96. The van der Waals surface area contributed by atoms with Crippen LogP contribution in [0, 0.1) is 13.8 Å². The minimum absolute atomic E-state index is 0.628. The normalized spacial score (nSPS) is 18.3. The Hall–Kier alpha value is -2.41. The molecule has 2 aliphatic rings. The van der Waals surface area contributed by atoms with Crippen LogP contribution in [0.1, 0.15) is 30.8 Å². The maximum atomic E-state index is 5.49. The van der Waals surface area contributed by atoms with Crippen molar-refractivity contribution in [2.45, 2.75) is 40.2 Å². The van der Waals surface area contributed by atoms with Gasteiger partial charge in [-0.25, -0.2) is 0 Å². The van der Waals surface area contributed by atoms with Crippen molar-refractivity contribution in [2.75, 3.05) is 63.9 Å². The highest BCUT2D eigenvalue weighted by Gasteiger charge is 2.20. The minimum atomic E-state index is 0.628. The molecule has 2 fully saturated rings. The smallest absolute Gasteiger partial charge is 0.0799 e. The van der Waals surface area contributed by atoms with Crippen molar-refractivity contribution < 1.29 is 4.74 Å². The third-order valence-electron chi connectivity index (χ3n) is 7.68. The van der Waals surface area contributed by atoms with Gasteiger partial charge in [-0.2, -0.15) is 0 Å². The number of piperazine rings is 1. The van der Waals surface area contributed by atoms with Crippen LogP contribution in [0.5, 0.6) is 0 Å². The van der Waals surface area contributed by atoms with Gasteiger partial charge in [0, 0.05) is 86.3 Å². The molecule has 0 bridgehead atoms. The fourth-order valence-electron chi connectivity index (χ4n) is 5.27. The molecule has 34 heavy (non-hydrogen) atoms. The maximum Gasteiger partial charge on any atom is 0.0799 e. The van der Waals surface area contributed by atoms with Gasteiger partial charge in [-0.15, -0.1) is 0 Å². The van der Waals surface area contributed by atoms with Crippen molar-refractivity contribution in [3.63, 3.8) is 0 Å². The number of nitrogens with one attached hydrogen (secondary N) is 1. The van der Waals surface area contributed by atoms with Crippen molar-refractivity contribution in [3.8, 4) is 11.3 Å². The lowest BCUT2D eigenvalue weighted by atomic mass is 10.0. The van der Waals surface area contributed by atoms with Gasteiger partial charge in [-0.1, -0.05) is 12.1 Å². The van der Waals surface area contributed by atoms with E-state index >= 15 is 0 Å². The number of hydrogen-bond donors (Lipinski definition) is 1. The predicted octanol–water partition coefficient (Wildman–Crippen LogP) is 4.25. The van der Waals surface area contributed by atoms with Crippen molar-refractivity contribution in [2.24, 2.45) is 0 Å². The van der Waals surface area contributed by atoms with Gasteiger partial charge >= 0.3 is 0 Å². The average Bonchev–Trinajstić information content (AvgIpc) is 3.30. The lowest BCUT2D eigenvalue weighted by molar-refractivity contribution is 0.0383. The summed E-state index contributed by atoms with van der Waals surface area (Å²) in [4.78, 5) is 16.3. The molecule has 0 amide bonds. The molecule has 4 heterocycles. The van der Waals surface area contributed by atoms with Crippen molar-refractivity contribution in [1.29, 1.82) is 0 Å². The van der Waals surface area contributed by atoms with Gasteiger partial charge in [0.15, 0.2) is 0 Å². The highest BCUT2D eigenvalue weighted by atomic mass is 16.5.